The standard InChI is InChI=1S/C4H8O2.Sb.3H/c1-2-3-4(5)6;;;;/h2-3H2,1H3,(H,5,6);;;;. The van der Waals surface area contributed by atoms with Gasteiger partial charge in [0.05, 0.1) is 0 Å². The molecule has 0 spiro atoms. The Bertz CT molecular complexity index is 53.7. The molecule has 0 aromatic carbocycles. The van der Waals surface area contributed by atoms with Crippen LogP contribution in [0.4, 0.5) is 0 Å². The third kappa shape index (κ3) is 10.7. The van der Waals surface area contributed by atoms with E-state index in [2.05, 4.69) is 0 Å². The van der Waals surface area contributed by atoms with Crippen LogP contribution in [0.1, 0.15) is 19.8 Å². The molecule has 0 aromatic heterocycles. The van der Waals surface area contributed by atoms with Gasteiger partial charge in [0.2, 0.25) is 0 Å². The Morgan fingerprint density at radius 3 is 2.14 bits per heavy atom. The molecular weight excluding hydrogens is 202 g/mol. The van der Waals surface area contributed by atoms with Gasteiger partial charge >= 0.3 is 30.4 Å². The van der Waals surface area contributed by atoms with Crippen molar-refractivity contribution in [2.75, 3.05) is 0 Å². The Kier molecular flexibility index (Phi) is 9.26. The van der Waals surface area contributed by atoms with E-state index in [0.29, 0.717) is 6.42 Å². The maximum atomic E-state index is 9.60. The van der Waals surface area contributed by atoms with Crippen LogP contribution in [0, 0.1) is 0 Å². The predicted octanol–water partition coefficient (Wildman–Crippen LogP) is -0.313. The molecule has 44 valence electrons. The van der Waals surface area contributed by atoms with Crippen LogP contribution < -0.4 is 0 Å². The first-order valence-corrected chi connectivity index (χ1v) is 1.99. The minimum absolute atomic E-state index is 0. The number of carbonyl (C=O) groups is 1. The normalized spacial score (nSPS) is 7.00. The third-order valence-corrected chi connectivity index (χ3v) is 0.464. The molecule has 2 nitrogen and oxygen atoms in total. The Morgan fingerprint density at radius 2 is 2.14 bits per heavy atom. The second-order valence-corrected chi connectivity index (χ2v) is 1.14. The van der Waals surface area contributed by atoms with E-state index in [-0.39, 0.29) is 24.4 Å². The van der Waals surface area contributed by atoms with Crippen molar-refractivity contribution in [2.45, 2.75) is 19.8 Å². The molecule has 0 unspecified atom stereocenters. The second-order valence-electron chi connectivity index (χ2n) is 1.14. The van der Waals surface area contributed by atoms with Gasteiger partial charge in [-0.15, -0.1) is 0 Å². The van der Waals surface area contributed by atoms with E-state index in [0.717, 1.165) is 6.42 Å². The molecule has 7 heavy (non-hydrogen) atoms. The number of carboxylic acids is 1. The van der Waals surface area contributed by atoms with Crippen LogP contribution in [0.5, 0.6) is 0 Å². The summed E-state index contributed by atoms with van der Waals surface area (Å²) < 4.78 is 0. The minimum atomic E-state index is -0.711. The van der Waals surface area contributed by atoms with Crippen molar-refractivity contribution < 1.29 is 9.90 Å². The molecule has 0 aliphatic rings. The molecule has 0 fully saturated rings. The Balaban J connectivity index is 0. The Morgan fingerprint density at radius 1 is 1.71 bits per heavy atom. The molecule has 0 aliphatic heterocycles. The van der Waals surface area contributed by atoms with Crippen molar-refractivity contribution >= 4 is 30.4 Å². The average Bonchev–Trinajstić information content (AvgIpc) is 1.35. The molecule has 0 amide bonds. The molecule has 0 aromatic rings. The summed E-state index contributed by atoms with van der Waals surface area (Å²) in [5.41, 5.74) is 0. The molecule has 0 rings (SSSR count). The molecule has 0 saturated heterocycles. The summed E-state index contributed by atoms with van der Waals surface area (Å²) >= 11 is 0. The average molecular weight is 213 g/mol. The van der Waals surface area contributed by atoms with Gasteiger partial charge in [0.15, 0.2) is 0 Å². The van der Waals surface area contributed by atoms with Crippen LogP contribution in [0.25, 0.3) is 0 Å². The van der Waals surface area contributed by atoms with Gasteiger partial charge in [0.25, 0.3) is 0 Å². The summed E-state index contributed by atoms with van der Waals surface area (Å²) in [6.07, 6.45) is 1.02. The fourth-order valence-electron chi connectivity index (χ4n) is 0.214. The first-order chi connectivity index (χ1) is 2.77. The molecule has 0 radical (unpaired) electrons. The van der Waals surface area contributed by atoms with E-state index < -0.39 is 5.97 Å². The number of hydrogen-bond acceptors (Lipinski definition) is 1. The monoisotopic (exact) mass is 212 g/mol. The summed E-state index contributed by atoms with van der Waals surface area (Å²) in [6, 6.07) is 0. The summed E-state index contributed by atoms with van der Waals surface area (Å²) in [5.74, 6) is -0.711. The van der Waals surface area contributed by atoms with Crippen LogP contribution >= 0.6 is 0 Å². The fourth-order valence-corrected chi connectivity index (χ4v) is 0.214. The first-order valence-electron chi connectivity index (χ1n) is 1.99. The molecule has 1 N–H and O–H groups in total. The zero-order chi connectivity index (χ0) is 4.99. The molecular formula is C4H11O2Sb. The molecule has 0 heterocycles. The zero-order valence-electron chi connectivity index (χ0n) is 4.48. The van der Waals surface area contributed by atoms with Crippen molar-refractivity contribution in [2.24, 2.45) is 0 Å². The summed E-state index contributed by atoms with van der Waals surface area (Å²) in [5, 5.41) is 7.91. The van der Waals surface area contributed by atoms with E-state index in [9.17, 15) is 4.79 Å². The van der Waals surface area contributed by atoms with Gasteiger partial charge < -0.3 is 5.11 Å². The Labute approximate surface area is 60.4 Å². The quantitative estimate of drug-likeness (QED) is 0.638. The van der Waals surface area contributed by atoms with E-state index >= 15 is 0 Å². The van der Waals surface area contributed by atoms with Gasteiger partial charge in [-0.25, -0.2) is 0 Å². The molecule has 0 aliphatic carbocycles. The van der Waals surface area contributed by atoms with Crippen molar-refractivity contribution in [1.82, 2.24) is 0 Å². The van der Waals surface area contributed by atoms with Gasteiger partial charge in [-0.3, -0.25) is 4.79 Å². The first kappa shape index (κ1) is 10.3. The van der Waals surface area contributed by atoms with Crippen LogP contribution in [-0.2, 0) is 4.79 Å². The number of rotatable bonds is 2. The van der Waals surface area contributed by atoms with Crippen molar-refractivity contribution in [1.29, 1.82) is 0 Å². The number of aliphatic carboxylic acids is 1. The second kappa shape index (κ2) is 6.29. The molecule has 3 heteroatoms. The van der Waals surface area contributed by atoms with Crippen LogP contribution in [0.15, 0.2) is 0 Å². The van der Waals surface area contributed by atoms with Gasteiger partial charge in [0, 0.05) is 6.42 Å². The number of hydrogen-bond donors (Lipinski definition) is 1. The maximum absolute atomic E-state index is 9.60. The van der Waals surface area contributed by atoms with Crippen LogP contribution in [0.2, 0.25) is 0 Å². The van der Waals surface area contributed by atoms with Gasteiger partial charge in [-0.05, 0) is 6.42 Å². The number of carboxylic acid groups (broad SMARTS) is 1. The fraction of sp³-hybridized carbons (Fsp3) is 0.750. The molecule has 0 atom stereocenters. The Hall–Kier alpha value is 0.288. The van der Waals surface area contributed by atoms with Crippen LogP contribution in [0.3, 0.4) is 0 Å². The summed E-state index contributed by atoms with van der Waals surface area (Å²) in [7, 11) is 0. The van der Waals surface area contributed by atoms with Gasteiger partial charge in [-0.2, -0.15) is 0 Å². The van der Waals surface area contributed by atoms with Crippen molar-refractivity contribution in [3.8, 4) is 0 Å². The topological polar surface area (TPSA) is 37.3 Å². The van der Waals surface area contributed by atoms with E-state index in [4.69, 9.17) is 5.11 Å². The zero-order valence-corrected chi connectivity index (χ0v) is 8.51. The van der Waals surface area contributed by atoms with Gasteiger partial charge in [-0.1, -0.05) is 6.92 Å². The predicted molar refractivity (Wildman–Crippen MR) is 32.5 cm³/mol. The van der Waals surface area contributed by atoms with Crippen molar-refractivity contribution in [3.05, 3.63) is 0 Å². The van der Waals surface area contributed by atoms with Crippen LogP contribution in [-0.4, -0.2) is 35.5 Å². The van der Waals surface area contributed by atoms with E-state index in [1.54, 1.807) is 0 Å². The van der Waals surface area contributed by atoms with E-state index in [1.165, 1.54) is 0 Å². The SMILES string of the molecule is CCCC(=O)O.[SbH3]. The van der Waals surface area contributed by atoms with E-state index in [1.807, 2.05) is 6.92 Å². The molecule has 0 saturated carbocycles. The summed E-state index contributed by atoms with van der Waals surface area (Å²) in [4.78, 5) is 9.60. The van der Waals surface area contributed by atoms with Gasteiger partial charge in [0.1, 0.15) is 0 Å². The summed E-state index contributed by atoms with van der Waals surface area (Å²) in [6.45, 7) is 1.84. The van der Waals surface area contributed by atoms with Crippen molar-refractivity contribution in [3.63, 3.8) is 0 Å². The molecule has 0 bridgehead atoms. The third-order valence-electron chi connectivity index (χ3n) is 0.464.